The minimum atomic E-state index is -3.68. The quantitative estimate of drug-likeness (QED) is 0.562. The molecule has 3 heterocycles. The predicted molar refractivity (Wildman–Crippen MR) is 124 cm³/mol. The van der Waals surface area contributed by atoms with Crippen molar-refractivity contribution in [2.24, 2.45) is 0 Å². The maximum Gasteiger partial charge on any atom is 0.253 e. The van der Waals surface area contributed by atoms with Crippen LogP contribution in [0, 0.1) is 0 Å². The molecule has 11 heteroatoms. The number of pyridine rings is 1. The molecule has 1 aliphatic heterocycles. The van der Waals surface area contributed by atoms with Crippen molar-refractivity contribution in [1.29, 1.82) is 0 Å². The second-order valence-electron chi connectivity index (χ2n) is 8.02. The molecule has 3 aromatic rings. The lowest BCUT2D eigenvalue weighted by Gasteiger charge is -2.30. The van der Waals surface area contributed by atoms with Crippen LogP contribution in [0.1, 0.15) is 35.2 Å². The molecule has 0 atom stereocenters. The number of amides is 1. The summed E-state index contributed by atoms with van der Waals surface area (Å²) in [5.74, 6) is 0.218. The van der Waals surface area contributed by atoms with E-state index in [2.05, 4.69) is 25.3 Å². The van der Waals surface area contributed by atoms with Gasteiger partial charge in [0.05, 0.1) is 10.5 Å². The third-order valence-corrected chi connectivity index (χ3v) is 7.44. The molecule has 2 aromatic heterocycles. The van der Waals surface area contributed by atoms with E-state index >= 15 is 0 Å². The molecule has 1 aromatic carbocycles. The van der Waals surface area contributed by atoms with Crippen LogP contribution in [0.2, 0.25) is 0 Å². The Labute approximate surface area is 193 Å². The second kappa shape index (κ2) is 9.67. The Morgan fingerprint density at radius 3 is 2.64 bits per heavy atom. The van der Waals surface area contributed by atoms with Gasteiger partial charge in [-0.05, 0) is 43.5 Å². The standard InChI is InChI=1S/C22H27N7O3S/c1-27(2)33(31,32)18-8-9-20(28-11-4-3-5-12-28)19(13-18)22(30)25-14-17-7-6-10-24-21(17)29-16-23-15-26-29/h6-10,13,15-16H,3-5,11-12,14H2,1-2H3,(H,25,30). The van der Waals surface area contributed by atoms with Crippen LogP contribution in [0.25, 0.3) is 5.82 Å². The van der Waals surface area contributed by atoms with Crippen LogP contribution in [0.5, 0.6) is 0 Å². The number of nitrogens with zero attached hydrogens (tertiary/aromatic N) is 6. The van der Waals surface area contributed by atoms with Crippen LogP contribution in [-0.4, -0.2) is 65.6 Å². The summed E-state index contributed by atoms with van der Waals surface area (Å²) in [6, 6.07) is 8.41. The molecule has 1 saturated heterocycles. The van der Waals surface area contributed by atoms with E-state index in [-0.39, 0.29) is 17.3 Å². The number of rotatable bonds is 7. The summed E-state index contributed by atoms with van der Waals surface area (Å²) in [7, 11) is -0.730. The predicted octanol–water partition coefficient (Wildman–Crippen LogP) is 1.83. The van der Waals surface area contributed by atoms with E-state index in [1.165, 1.54) is 37.5 Å². The number of hydrogen-bond donors (Lipinski definition) is 1. The average Bonchev–Trinajstić information content (AvgIpc) is 3.37. The fourth-order valence-corrected chi connectivity index (χ4v) is 4.77. The van der Waals surface area contributed by atoms with E-state index in [4.69, 9.17) is 0 Å². The van der Waals surface area contributed by atoms with Gasteiger partial charge in [0, 0.05) is 51.2 Å². The van der Waals surface area contributed by atoms with E-state index in [1.807, 2.05) is 6.07 Å². The fourth-order valence-electron chi connectivity index (χ4n) is 3.84. The van der Waals surface area contributed by atoms with Gasteiger partial charge in [0.15, 0.2) is 5.82 Å². The highest BCUT2D eigenvalue weighted by molar-refractivity contribution is 7.89. The lowest BCUT2D eigenvalue weighted by molar-refractivity contribution is 0.0951. The molecular weight excluding hydrogens is 442 g/mol. The molecule has 1 amide bonds. The Kier molecular flexibility index (Phi) is 6.70. The number of piperidine rings is 1. The average molecular weight is 470 g/mol. The molecular formula is C22H27N7O3S. The highest BCUT2D eigenvalue weighted by Crippen LogP contribution is 2.28. The van der Waals surface area contributed by atoms with Crippen molar-refractivity contribution in [1.82, 2.24) is 29.4 Å². The van der Waals surface area contributed by atoms with Crippen molar-refractivity contribution >= 4 is 21.6 Å². The Hall–Kier alpha value is -3.31. The molecule has 0 bridgehead atoms. The molecule has 0 saturated carbocycles. The van der Waals surface area contributed by atoms with E-state index < -0.39 is 10.0 Å². The zero-order chi connectivity index (χ0) is 23.4. The van der Waals surface area contributed by atoms with Crippen LogP contribution in [-0.2, 0) is 16.6 Å². The van der Waals surface area contributed by atoms with Crippen LogP contribution < -0.4 is 10.2 Å². The smallest absolute Gasteiger partial charge is 0.253 e. The van der Waals surface area contributed by atoms with Gasteiger partial charge in [0.25, 0.3) is 5.91 Å². The number of carbonyl (C=O) groups excluding carboxylic acids is 1. The van der Waals surface area contributed by atoms with Gasteiger partial charge in [-0.3, -0.25) is 4.79 Å². The fraction of sp³-hybridized carbons (Fsp3) is 0.364. The molecule has 1 fully saturated rings. The maximum atomic E-state index is 13.3. The molecule has 0 aliphatic carbocycles. The minimum absolute atomic E-state index is 0.0862. The molecule has 4 rings (SSSR count). The van der Waals surface area contributed by atoms with Crippen LogP contribution >= 0.6 is 0 Å². The van der Waals surface area contributed by atoms with Crippen LogP contribution in [0.15, 0.2) is 54.1 Å². The molecule has 174 valence electrons. The minimum Gasteiger partial charge on any atom is -0.371 e. The van der Waals surface area contributed by atoms with Gasteiger partial charge in [-0.25, -0.2) is 27.4 Å². The Balaban J connectivity index is 1.64. The highest BCUT2D eigenvalue weighted by atomic mass is 32.2. The first-order valence-electron chi connectivity index (χ1n) is 10.8. The number of benzene rings is 1. The SMILES string of the molecule is CN(C)S(=O)(=O)c1ccc(N2CCCCC2)c(C(=O)NCc2cccnc2-n2cncn2)c1. The summed E-state index contributed by atoms with van der Waals surface area (Å²) >= 11 is 0. The van der Waals surface area contributed by atoms with Gasteiger partial charge in [-0.2, -0.15) is 5.10 Å². The zero-order valence-electron chi connectivity index (χ0n) is 18.7. The monoisotopic (exact) mass is 469 g/mol. The lowest BCUT2D eigenvalue weighted by atomic mass is 10.1. The first-order chi connectivity index (χ1) is 15.9. The number of sulfonamides is 1. The zero-order valence-corrected chi connectivity index (χ0v) is 19.5. The molecule has 0 unspecified atom stereocenters. The number of carbonyl (C=O) groups is 1. The lowest BCUT2D eigenvalue weighted by Crippen LogP contribution is -2.33. The number of hydrogen-bond acceptors (Lipinski definition) is 7. The molecule has 0 radical (unpaired) electrons. The summed E-state index contributed by atoms with van der Waals surface area (Å²) in [5.41, 5.74) is 1.84. The van der Waals surface area contributed by atoms with E-state index in [9.17, 15) is 13.2 Å². The molecule has 10 nitrogen and oxygen atoms in total. The first-order valence-corrected chi connectivity index (χ1v) is 12.2. The number of nitrogens with one attached hydrogen (secondary N) is 1. The first kappa shape index (κ1) is 22.9. The topological polar surface area (TPSA) is 113 Å². The van der Waals surface area contributed by atoms with Crippen LogP contribution in [0.4, 0.5) is 5.69 Å². The summed E-state index contributed by atoms with van der Waals surface area (Å²) in [6.07, 6.45) is 7.82. The number of anilines is 1. The highest BCUT2D eigenvalue weighted by Gasteiger charge is 2.24. The molecule has 1 aliphatic rings. The summed E-state index contributed by atoms with van der Waals surface area (Å²) in [4.78, 5) is 23.9. The molecule has 33 heavy (non-hydrogen) atoms. The van der Waals surface area contributed by atoms with Crippen molar-refractivity contribution in [2.75, 3.05) is 32.1 Å². The molecule has 0 spiro atoms. The van der Waals surface area contributed by atoms with E-state index in [0.717, 1.165) is 47.9 Å². The van der Waals surface area contributed by atoms with Crippen molar-refractivity contribution < 1.29 is 13.2 Å². The van der Waals surface area contributed by atoms with Gasteiger partial charge in [-0.1, -0.05) is 6.07 Å². The van der Waals surface area contributed by atoms with Crippen molar-refractivity contribution in [2.45, 2.75) is 30.7 Å². The van der Waals surface area contributed by atoms with Gasteiger partial charge in [0.1, 0.15) is 12.7 Å². The van der Waals surface area contributed by atoms with Gasteiger partial charge < -0.3 is 10.2 Å². The number of aromatic nitrogens is 4. The maximum absolute atomic E-state index is 13.3. The van der Waals surface area contributed by atoms with E-state index in [0.29, 0.717) is 11.4 Å². The largest absolute Gasteiger partial charge is 0.371 e. The third-order valence-electron chi connectivity index (χ3n) is 5.63. The second-order valence-corrected chi connectivity index (χ2v) is 10.2. The Morgan fingerprint density at radius 1 is 1.15 bits per heavy atom. The van der Waals surface area contributed by atoms with Crippen molar-refractivity contribution in [3.63, 3.8) is 0 Å². The Morgan fingerprint density at radius 2 is 1.94 bits per heavy atom. The summed E-state index contributed by atoms with van der Waals surface area (Å²) in [5, 5.41) is 7.04. The van der Waals surface area contributed by atoms with Gasteiger partial charge in [-0.15, -0.1) is 0 Å². The van der Waals surface area contributed by atoms with Crippen LogP contribution in [0.3, 0.4) is 0 Å². The van der Waals surface area contributed by atoms with E-state index in [1.54, 1.807) is 24.4 Å². The third kappa shape index (κ3) is 4.88. The summed E-state index contributed by atoms with van der Waals surface area (Å²) < 4.78 is 28.1. The van der Waals surface area contributed by atoms with Crippen molar-refractivity contribution in [3.8, 4) is 5.82 Å². The normalized spacial score (nSPS) is 14.5. The summed E-state index contributed by atoms with van der Waals surface area (Å²) in [6.45, 7) is 1.87. The molecule has 1 N–H and O–H groups in total. The Bertz CT molecular complexity index is 1220. The van der Waals surface area contributed by atoms with Gasteiger partial charge >= 0.3 is 0 Å². The van der Waals surface area contributed by atoms with Crippen molar-refractivity contribution in [3.05, 3.63) is 60.3 Å². The van der Waals surface area contributed by atoms with Gasteiger partial charge in [0.2, 0.25) is 10.0 Å².